The maximum Gasteiger partial charge on any atom is 0.307 e. The maximum atomic E-state index is 10.5. The first kappa shape index (κ1) is 7.05. The third-order valence-corrected chi connectivity index (χ3v) is 1.96. The second-order valence-corrected chi connectivity index (χ2v) is 2.53. The molecule has 0 spiro atoms. The molecule has 1 aliphatic carbocycles. The first-order valence-electron chi connectivity index (χ1n) is 3.15. The van der Waals surface area contributed by atoms with Gasteiger partial charge in [0.25, 0.3) is 0 Å². The zero-order chi connectivity index (χ0) is 7.72. The Balaban J connectivity index is 2.51. The molecule has 1 aliphatic rings. The molecule has 3 N–H and O–H groups in total. The summed E-state index contributed by atoms with van der Waals surface area (Å²) < 4.78 is 0. The van der Waals surface area contributed by atoms with Crippen LogP contribution in [-0.4, -0.2) is 17.0 Å². The summed E-state index contributed by atoms with van der Waals surface area (Å²) in [6, 6.07) is 0. The minimum atomic E-state index is -0.907. The molecule has 1 fully saturated rings. The monoisotopic (exact) mass is 143 g/mol. The van der Waals surface area contributed by atoms with Crippen molar-refractivity contribution >= 4 is 11.9 Å². The Morgan fingerprint density at radius 2 is 1.80 bits per heavy atom. The summed E-state index contributed by atoms with van der Waals surface area (Å²) in [5.74, 6) is -2.33. The van der Waals surface area contributed by atoms with Gasteiger partial charge < -0.3 is 10.8 Å². The van der Waals surface area contributed by atoms with Crippen molar-refractivity contribution in [3.63, 3.8) is 0 Å². The highest BCUT2D eigenvalue weighted by atomic mass is 16.4. The molecule has 4 nitrogen and oxygen atoms in total. The molecule has 2 atom stereocenters. The highest BCUT2D eigenvalue weighted by Gasteiger charge is 2.40. The van der Waals surface area contributed by atoms with Gasteiger partial charge in [0.1, 0.15) is 0 Å². The Hall–Kier alpha value is -1.06. The van der Waals surface area contributed by atoms with E-state index in [9.17, 15) is 9.59 Å². The third-order valence-electron chi connectivity index (χ3n) is 1.96. The predicted molar refractivity (Wildman–Crippen MR) is 33.0 cm³/mol. The number of hydrogen-bond donors (Lipinski definition) is 2. The Labute approximate surface area is 58.0 Å². The second-order valence-electron chi connectivity index (χ2n) is 2.53. The summed E-state index contributed by atoms with van der Waals surface area (Å²) in [6.07, 6.45) is 1.22. The summed E-state index contributed by atoms with van der Waals surface area (Å²) in [6.45, 7) is 0. The number of nitrogens with two attached hydrogens (primary N) is 1. The van der Waals surface area contributed by atoms with Gasteiger partial charge in [-0.15, -0.1) is 0 Å². The molecule has 0 heterocycles. The molecular formula is C6H9NO3. The number of carboxylic acid groups (broad SMARTS) is 1. The number of hydrogen-bond acceptors (Lipinski definition) is 2. The predicted octanol–water partition coefficient (Wildman–Crippen LogP) is -0.418. The number of carboxylic acids is 1. The van der Waals surface area contributed by atoms with Crippen LogP contribution in [0.15, 0.2) is 0 Å². The van der Waals surface area contributed by atoms with Crippen LogP contribution in [0.5, 0.6) is 0 Å². The molecule has 1 amide bonds. The lowest BCUT2D eigenvalue weighted by molar-refractivity contribution is -0.151. The van der Waals surface area contributed by atoms with E-state index >= 15 is 0 Å². The third kappa shape index (κ3) is 0.964. The first-order chi connectivity index (χ1) is 4.63. The number of carbonyl (C=O) groups excluding carboxylic acids is 1. The van der Waals surface area contributed by atoms with Crippen molar-refractivity contribution in [2.45, 2.75) is 12.8 Å². The molecule has 1 rings (SSSR count). The van der Waals surface area contributed by atoms with E-state index < -0.39 is 23.7 Å². The molecule has 56 valence electrons. The van der Waals surface area contributed by atoms with Crippen molar-refractivity contribution < 1.29 is 14.7 Å². The smallest absolute Gasteiger partial charge is 0.307 e. The topological polar surface area (TPSA) is 80.4 Å². The van der Waals surface area contributed by atoms with Gasteiger partial charge in [-0.25, -0.2) is 0 Å². The summed E-state index contributed by atoms with van der Waals surface area (Å²) in [5, 5.41) is 8.44. The van der Waals surface area contributed by atoms with Gasteiger partial charge in [-0.1, -0.05) is 0 Å². The second kappa shape index (κ2) is 2.28. The highest BCUT2D eigenvalue weighted by Crippen LogP contribution is 2.33. The highest BCUT2D eigenvalue weighted by molar-refractivity contribution is 5.85. The van der Waals surface area contributed by atoms with Crippen LogP contribution in [0.1, 0.15) is 12.8 Å². The van der Waals surface area contributed by atoms with Gasteiger partial charge in [-0.05, 0) is 12.8 Å². The first-order valence-corrected chi connectivity index (χ1v) is 3.15. The summed E-state index contributed by atoms with van der Waals surface area (Å²) in [7, 11) is 0. The van der Waals surface area contributed by atoms with E-state index in [1.54, 1.807) is 0 Å². The number of rotatable bonds is 2. The number of aliphatic carboxylic acids is 1. The number of carbonyl (C=O) groups is 2. The standard InChI is InChI=1S/C6H9NO3/c7-5(8)3-1-2-4(3)6(9)10/h3-4H,1-2H2,(H2,7,8)(H,9,10)/t3-,4-/m1/s1. The Kier molecular flexibility index (Phi) is 1.61. The van der Waals surface area contributed by atoms with Crippen molar-refractivity contribution in [1.82, 2.24) is 0 Å². The average Bonchev–Trinajstić information content (AvgIpc) is 1.56. The number of primary amides is 1. The van der Waals surface area contributed by atoms with Gasteiger partial charge in [-0.3, -0.25) is 9.59 Å². The van der Waals surface area contributed by atoms with Gasteiger partial charge in [0, 0.05) is 0 Å². The van der Waals surface area contributed by atoms with E-state index in [0.717, 1.165) is 0 Å². The molecule has 0 saturated heterocycles. The molecule has 0 aliphatic heterocycles. The van der Waals surface area contributed by atoms with Crippen molar-refractivity contribution in [2.75, 3.05) is 0 Å². The fourth-order valence-electron chi connectivity index (χ4n) is 1.14. The summed E-state index contributed by atoms with van der Waals surface area (Å²) in [5.41, 5.74) is 4.92. The summed E-state index contributed by atoms with van der Waals surface area (Å²) in [4.78, 5) is 20.7. The molecule has 0 aromatic rings. The molecule has 4 heteroatoms. The minimum Gasteiger partial charge on any atom is -0.481 e. The van der Waals surface area contributed by atoms with Gasteiger partial charge in [-0.2, -0.15) is 0 Å². The van der Waals surface area contributed by atoms with Crippen molar-refractivity contribution in [1.29, 1.82) is 0 Å². The van der Waals surface area contributed by atoms with E-state index in [0.29, 0.717) is 12.8 Å². The Morgan fingerprint density at radius 1 is 1.30 bits per heavy atom. The molecule has 0 bridgehead atoms. The van der Waals surface area contributed by atoms with Crippen LogP contribution < -0.4 is 5.73 Å². The Bertz CT molecular complexity index is 158. The van der Waals surface area contributed by atoms with Gasteiger partial charge in [0.2, 0.25) is 5.91 Å². The number of amides is 1. The van der Waals surface area contributed by atoms with Crippen molar-refractivity contribution in [3.8, 4) is 0 Å². The van der Waals surface area contributed by atoms with Crippen LogP contribution in [0.25, 0.3) is 0 Å². The normalized spacial score (nSPS) is 30.8. The quantitative estimate of drug-likeness (QED) is 0.551. The fourth-order valence-corrected chi connectivity index (χ4v) is 1.14. The minimum absolute atomic E-state index is 0.419. The lowest BCUT2D eigenvalue weighted by atomic mass is 9.73. The largest absolute Gasteiger partial charge is 0.481 e. The van der Waals surface area contributed by atoms with Crippen LogP contribution in [0.3, 0.4) is 0 Å². The lowest BCUT2D eigenvalue weighted by Crippen LogP contribution is -2.41. The maximum absolute atomic E-state index is 10.5. The Morgan fingerprint density at radius 3 is 1.90 bits per heavy atom. The van der Waals surface area contributed by atoms with Crippen molar-refractivity contribution in [3.05, 3.63) is 0 Å². The van der Waals surface area contributed by atoms with E-state index in [-0.39, 0.29) is 0 Å². The van der Waals surface area contributed by atoms with E-state index in [1.807, 2.05) is 0 Å². The average molecular weight is 143 g/mol. The summed E-state index contributed by atoms with van der Waals surface area (Å²) >= 11 is 0. The van der Waals surface area contributed by atoms with Crippen molar-refractivity contribution in [2.24, 2.45) is 17.6 Å². The molecule has 0 aromatic heterocycles. The van der Waals surface area contributed by atoms with Gasteiger partial charge in [0.05, 0.1) is 11.8 Å². The van der Waals surface area contributed by atoms with Gasteiger partial charge >= 0.3 is 5.97 Å². The zero-order valence-corrected chi connectivity index (χ0v) is 5.41. The van der Waals surface area contributed by atoms with E-state index in [4.69, 9.17) is 10.8 Å². The molecular weight excluding hydrogens is 134 g/mol. The molecule has 0 aromatic carbocycles. The van der Waals surface area contributed by atoms with Crippen LogP contribution in [0, 0.1) is 11.8 Å². The van der Waals surface area contributed by atoms with Crippen LogP contribution >= 0.6 is 0 Å². The van der Waals surface area contributed by atoms with Crippen LogP contribution in [0.4, 0.5) is 0 Å². The van der Waals surface area contributed by atoms with Crippen LogP contribution in [0.2, 0.25) is 0 Å². The zero-order valence-electron chi connectivity index (χ0n) is 5.41. The molecule has 0 unspecified atom stereocenters. The fraction of sp³-hybridized carbons (Fsp3) is 0.667. The molecule has 10 heavy (non-hydrogen) atoms. The lowest BCUT2D eigenvalue weighted by Gasteiger charge is -2.30. The molecule has 0 radical (unpaired) electrons. The van der Waals surface area contributed by atoms with Gasteiger partial charge in [0.15, 0.2) is 0 Å². The van der Waals surface area contributed by atoms with E-state index in [2.05, 4.69) is 0 Å². The SMILES string of the molecule is NC(=O)[C@@H]1CC[C@H]1C(=O)O. The van der Waals surface area contributed by atoms with Crippen LogP contribution in [-0.2, 0) is 9.59 Å². The van der Waals surface area contributed by atoms with E-state index in [1.165, 1.54) is 0 Å². The molecule has 1 saturated carbocycles.